The van der Waals surface area contributed by atoms with Gasteiger partial charge in [-0.15, -0.1) is 0 Å². The largest absolute Gasteiger partial charge is 0.455 e. The first-order valence-electron chi connectivity index (χ1n) is 15.9. The number of nitrogens with zero attached hydrogens (tertiary/aromatic N) is 6. The summed E-state index contributed by atoms with van der Waals surface area (Å²) in [7, 11) is 0. The third-order valence-electron chi connectivity index (χ3n) is 8.22. The van der Waals surface area contributed by atoms with Gasteiger partial charge >= 0.3 is 6.09 Å². The quantitative estimate of drug-likeness (QED) is 0.430. The number of hydrogen-bond donors (Lipinski definition) is 2. The van der Waals surface area contributed by atoms with Crippen LogP contribution < -0.4 is 10.7 Å². The number of ether oxygens (including phenoxy) is 4. The van der Waals surface area contributed by atoms with E-state index in [1.807, 2.05) is 56.7 Å². The summed E-state index contributed by atoms with van der Waals surface area (Å²) >= 11 is 0. The molecule has 14 heteroatoms. The van der Waals surface area contributed by atoms with E-state index in [-0.39, 0.29) is 18.0 Å². The third kappa shape index (κ3) is 8.10. The van der Waals surface area contributed by atoms with Gasteiger partial charge in [-0.2, -0.15) is 5.26 Å². The third-order valence-corrected chi connectivity index (χ3v) is 8.22. The second-order valence-corrected chi connectivity index (χ2v) is 12.8. The lowest BCUT2D eigenvalue weighted by atomic mass is 9.97. The Morgan fingerprint density at radius 1 is 1.04 bits per heavy atom. The number of nitrogens with one attached hydrogen (secondary N) is 2. The Morgan fingerprint density at radius 2 is 1.72 bits per heavy atom. The molecule has 3 aliphatic heterocycles. The van der Waals surface area contributed by atoms with Gasteiger partial charge in [-0.1, -0.05) is 12.1 Å². The van der Waals surface area contributed by atoms with Gasteiger partial charge in [-0.05, 0) is 58.7 Å². The van der Waals surface area contributed by atoms with Gasteiger partial charge in [0.25, 0.3) is 12.2 Å². The van der Waals surface area contributed by atoms with Crippen molar-refractivity contribution in [2.75, 3.05) is 57.8 Å². The van der Waals surface area contributed by atoms with Crippen LogP contribution in [0.5, 0.6) is 0 Å². The molecule has 252 valence electrons. The number of morpholine rings is 1. The molecular formula is C33H44N8O6. The zero-order valence-electron chi connectivity index (χ0n) is 27.9. The number of aryl methyl sites for hydroxylation is 1. The van der Waals surface area contributed by atoms with E-state index in [1.54, 1.807) is 17.9 Å². The average molecular weight is 649 g/mol. The lowest BCUT2D eigenvalue weighted by Gasteiger charge is -2.40. The van der Waals surface area contributed by atoms with Crippen molar-refractivity contribution in [3.05, 3.63) is 64.5 Å². The van der Waals surface area contributed by atoms with E-state index in [2.05, 4.69) is 16.8 Å². The smallest absolute Gasteiger partial charge is 0.410 e. The van der Waals surface area contributed by atoms with Gasteiger partial charge in [0.2, 0.25) is 0 Å². The van der Waals surface area contributed by atoms with Crippen LogP contribution in [0.25, 0.3) is 0 Å². The molecule has 1 aromatic heterocycles. The molecule has 2 aromatic rings. The van der Waals surface area contributed by atoms with Crippen LogP contribution in [0.4, 0.5) is 10.6 Å². The predicted molar refractivity (Wildman–Crippen MR) is 171 cm³/mol. The number of nitriles is 1. The molecule has 2 atom stereocenters. The lowest BCUT2D eigenvalue weighted by Crippen LogP contribution is -2.56. The first kappa shape index (κ1) is 33.9. The SMILES string of the molecule is Cc1nc(N[C@H](C)c2cccc(C#N)c2C)c(C2OC=CO2)c(C(C(=O)NN2CCOCC2)N2CCN(C(=O)OC(C)(C)C)CC2)n1. The Labute approximate surface area is 275 Å². The first-order chi connectivity index (χ1) is 22.4. The van der Waals surface area contributed by atoms with Gasteiger partial charge in [-0.25, -0.2) is 19.8 Å². The van der Waals surface area contributed by atoms with Crippen molar-refractivity contribution in [3.63, 3.8) is 0 Å². The number of aromatic nitrogens is 2. The molecule has 2 amide bonds. The molecule has 5 rings (SSSR count). The van der Waals surface area contributed by atoms with Crippen molar-refractivity contribution in [1.82, 2.24) is 30.2 Å². The summed E-state index contributed by atoms with van der Waals surface area (Å²) in [6, 6.07) is 6.72. The molecule has 0 saturated carbocycles. The zero-order chi connectivity index (χ0) is 33.7. The standard InChI is InChI=1S/C33H44N8O6/c1-21-24(20-34)8-7-9-25(21)22(2)35-29-26(31-45-18-19-46-31)27(36-23(3)37-29)28(30(42)38-41-14-16-44-17-15-41)39-10-12-40(13-11-39)32(43)47-33(4,5)6/h7-9,18-19,22,28,31H,10-17H2,1-6H3,(H,38,42)(H,35,36,37)/t22-,28?/m1/s1. The topological polar surface area (TPSA) is 154 Å². The van der Waals surface area contributed by atoms with Gasteiger partial charge in [0.05, 0.1) is 42.1 Å². The molecule has 0 bridgehead atoms. The molecule has 0 spiro atoms. The van der Waals surface area contributed by atoms with Crippen LogP contribution in [0.15, 0.2) is 30.7 Å². The maximum atomic E-state index is 14.3. The van der Waals surface area contributed by atoms with Crippen LogP contribution in [-0.2, 0) is 23.7 Å². The summed E-state index contributed by atoms with van der Waals surface area (Å²) in [5.74, 6) is 0.620. The van der Waals surface area contributed by atoms with E-state index < -0.39 is 17.9 Å². The molecule has 0 radical (unpaired) electrons. The number of benzene rings is 1. The number of rotatable bonds is 8. The maximum absolute atomic E-state index is 14.3. The van der Waals surface area contributed by atoms with Gasteiger partial charge in [0.1, 0.15) is 35.8 Å². The summed E-state index contributed by atoms with van der Waals surface area (Å²) in [6.45, 7) is 14.8. The van der Waals surface area contributed by atoms with Gasteiger partial charge in [0.15, 0.2) is 0 Å². The number of amides is 2. The van der Waals surface area contributed by atoms with Gasteiger partial charge in [-0.3, -0.25) is 15.1 Å². The normalized spacial score (nSPS) is 18.9. The fraction of sp³-hybridized carbons (Fsp3) is 0.545. The van der Waals surface area contributed by atoms with Crippen LogP contribution in [0, 0.1) is 25.2 Å². The Kier molecular flexibility index (Phi) is 10.5. The van der Waals surface area contributed by atoms with E-state index in [0.29, 0.717) is 80.9 Å². The highest BCUT2D eigenvalue weighted by molar-refractivity contribution is 5.83. The summed E-state index contributed by atoms with van der Waals surface area (Å²) in [5, 5.41) is 15.0. The number of piperazine rings is 1. The highest BCUT2D eigenvalue weighted by Gasteiger charge is 2.40. The Balaban J connectivity index is 1.52. The molecule has 0 aliphatic carbocycles. The fourth-order valence-corrected chi connectivity index (χ4v) is 5.90. The van der Waals surface area contributed by atoms with Crippen molar-refractivity contribution in [3.8, 4) is 6.07 Å². The highest BCUT2D eigenvalue weighted by atomic mass is 16.7. The number of carbonyl (C=O) groups is 2. The molecule has 1 unspecified atom stereocenters. The summed E-state index contributed by atoms with van der Waals surface area (Å²) in [4.78, 5) is 40.5. The summed E-state index contributed by atoms with van der Waals surface area (Å²) in [5.41, 5.74) is 5.76. The van der Waals surface area contributed by atoms with Crippen molar-refractivity contribution in [2.24, 2.45) is 0 Å². The van der Waals surface area contributed by atoms with Crippen LogP contribution in [0.1, 0.15) is 79.8 Å². The molecule has 2 saturated heterocycles. The van der Waals surface area contributed by atoms with Crippen LogP contribution in [-0.4, -0.2) is 94.9 Å². The first-order valence-corrected chi connectivity index (χ1v) is 15.9. The number of anilines is 1. The van der Waals surface area contributed by atoms with E-state index in [0.717, 1.165) is 11.1 Å². The van der Waals surface area contributed by atoms with E-state index in [9.17, 15) is 14.9 Å². The molecule has 14 nitrogen and oxygen atoms in total. The second kappa shape index (κ2) is 14.5. The fourth-order valence-electron chi connectivity index (χ4n) is 5.90. The molecular weight excluding hydrogens is 604 g/mol. The molecule has 1 aromatic carbocycles. The molecule has 4 heterocycles. The monoisotopic (exact) mass is 648 g/mol. The highest BCUT2D eigenvalue weighted by Crippen LogP contribution is 2.38. The van der Waals surface area contributed by atoms with Crippen molar-refractivity contribution in [2.45, 2.75) is 65.5 Å². The maximum Gasteiger partial charge on any atom is 0.410 e. The van der Waals surface area contributed by atoms with Crippen molar-refractivity contribution < 1.29 is 28.5 Å². The Bertz CT molecular complexity index is 1510. The second-order valence-electron chi connectivity index (χ2n) is 12.8. The number of hydrazine groups is 1. The minimum Gasteiger partial charge on any atom is -0.455 e. The average Bonchev–Trinajstić information content (AvgIpc) is 3.56. The van der Waals surface area contributed by atoms with Crippen LogP contribution >= 0.6 is 0 Å². The van der Waals surface area contributed by atoms with Crippen molar-refractivity contribution >= 4 is 17.8 Å². The molecule has 2 N–H and O–H groups in total. The van der Waals surface area contributed by atoms with E-state index in [4.69, 9.17) is 28.9 Å². The lowest BCUT2D eigenvalue weighted by molar-refractivity contribution is -0.134. The predicted octanol–water partition coefficient (Wildman–Crippen LogP) is 3.61. The minimum atomic E-state index is -0.909. The van der Waals surface area contributed by atoms with E-state index in [1.165, 1.54) is 12.5 Å². The van der Waals surface area contributed by atoms with E-state index >= 15 is 0 Å². The van der Waals surface area contributed by atoms with Crippen LogP contribution in [0.3, 0.4) is 0 Å². The van der Waals surface area contributed by atoms with Crippen molar-refractivity contribution in [1.29, 1.82) is 5.26 Å². The van der Waals surface area contributed by atoms with Gasteiger partial charge < -0.3 is 29.2 Å². The molecule has 2 fully saturated rings. The Hall–Kier alpha value is -4.45. The molecule has 47 heavy (non-hydrogen) atoms. The number of carbonyl (C=O) groups excluding carboxylic acids is 2. The molecule has 3 aliphatic rings. The zero-order valence-corrected chi connectivity index (χ0v) is 27.9. The minimum absolute atomic E-state index is 0.267. The summed E-state index contributed by atoms with van der Waals surface area (Å²) in [6.07, 6.45) is 1.60. The number of hydrogen-bond acceptors (Lipinski definition) is 12. The van der Waals surface area contributed by atoms with Crippen LogP contribution in [0.2, 0.25) is 0 Å². The Morgan fingerprint density at radius 3 is 2.36 bits per heavy atom. The summed E-state index contributed by atoms with van der Waals surface area (Å²) < 4.78 is 22.8. The van der Waals surface area contributed by atoms with Gasteiger partial charge in [0, 0.05) is 39.3 Å².